The van der Waals surface area contributed by atoms with E-state index >= 15 is 0 Å². The number of carbonyl (C=O) groups is 1. The number of hydrogen-bond acceptors (Lipinski definition) is 3. The van der Waals surface area contributed by atoms with Crippen LogP contribution in [-0.2, 0) is 0 Å². The van der Waals surface area contributed by atoms with Gasteiger partial charge in [0.1, 0.15) is 5.75 Å². The lowest BCUT2D eigenvalue weighted by Gasteiger charge is -2.33. The Hall–Kier alpha value is -3.01. The highest BCUT2D eigenvalue weighted by atomic mass is 16.5. The molecule has 1 fully saturated rings. The number of amides is 1. The number of ether oxygens (including phenoxy) is 1. The van der Waals surface area contributed by atoms with Crippen molar-refractivity contribution in [3.8, 4) is 5.75 Å². The number of anilines is 1. The molecule has 4 rings (SSSR count). The normalized spacial score (nSPS) is 17.6. The Kier molecular flexibility index (Phi) is 5.93. The van der Waals surface area contributed by atoms with Gasteiger partial charge in [-0.1, -0.05) is 43.3 Å². The van der Waals surface area contributed by atoms with Crippen LogP contribution in [0.15, 0.2) is 60.7 Å². The molecule has 1 aliphatic rings. The Balaban J connectivity index is 1.49. The zero-order valence-electron chi connectivity index (χ0n) is 18.0. The van der Waals surface area contributed by atoms with Crippen LogP contribution in [0.25, 0.3) is 10.8 Å². The van der Waals surface area contributed by atoms with Crippen molar-refractivity contribution in [2.24, 2.45) is 5.92 Å². The van der Waals surface area contributed by atoms with Gasteiger partial charge in [-0.15, -0.1) is 0 Å². The Bertz CT molecular complexity index is 1030. The van der Waals surface area contributed by atoms with E-state index in [0.29, 0.717) is 11.3 Å². The third kappa shape index (κ3) is 4.28. The van der Waals surface area contributed by atoms with Gasteiger partial charge in [-0.3, -0.25) is 4.79 Å². The van der Waals surface area contributed by atoms with E-state index in [9.17, 15) is 4.79 Å². The topological polar surface area (TPSA) is 41.6 Å². The monoisotopic (exact) mass is 402 g/mol. The molecule has 0 aromatic heterocycles. The van der Waals surface area contributed by atoms with Gasteiger partial charge in [0, 0.05) is 18.8 Å². The quantitative estimate of drug-likeness (QED) is 0.606. The lowest BCUT2D eigenvalue weighted by molar-refractivity contribution is 0.0937. The first kappa shape index (κ1) is 20.3. The number of carbonyl (C=O) groups excluding carboxylic acids is 1. The lowest BCUT2D eigenvalue weighted by Crippen LogP contribution is -2.34. The maximum Gasteiger partial charge on any atom is 0.255 e. The molecular formula is C26H30N2O2. The van der Waals surface area contributed by atoms with E-state index in [1.165, 1.54) is 18.5 Å². The number of nitrogens with zero attached hydrogens (tertiary/aromatic N) is 1. The number of methoxy groups -OCH3 is 1. The largest absolute Gasteiger partial charge is 0.496 e. The van der Waals surface area contributed by atoms with Crippen molar-refractivity contribution in [1.82, 2.24) is 5.32 Å². The van der Waals surface area contributed by atoms with E-state index in [-0.39, 0.29) is 11.9 Å². The maximum absolute atomic E-state index is 13.0. The third-order valence-corrected chi connectivity index (χ3v) is 6.08. The van der Waals surface area contributed by atoms with Crippen LogP contribution in [0, 0.1) is 5.92 Å². The Morgan fingerprint density at radius 3 is 2.47 bits per heavy atom. The second-order valence-corrected chi connectivity index (χ2v) is 8.38. The van der Waals surface area contributed by atoms with Crippen LogP contribution in [-0.4, -0.2) is 26.1 Å². The van der Waals surface area contributed by atoms with Gasteiger partial charge in [-0.25, -0.2) is 0 Å². The molecule has 3 aromatic carbocycles. The molecule has 4 heteroatoms. The predicted molar refractivity (Wildman–Crippen MR) is 123 cm³/mol. The summed E-state index contributed by atoms with van der Waals surface area (Å²) in [5.41, 5.74) is 2.92. The van der Waals surface area contributed by atoms with E-state index in [1.54, 1.807) is 7.11 Å². The molecule has 1 saturated heterocycles. The van der Waals surface area contributed by atoms with Crippen molar-refractivity contribution in [2.45, 2.75) is 32.7 Å². The molecule has 0 aliphatic carbocycles. The number of rotatable bonds is 5. The highest BCUT2D eigenvalue weighted by Crippen LogP contribution is 2.28. The van der Waals surface area contributed by atoms with Gasteiger partial charge in [0.05, 0.1) is 18.7 Å². The first-order valence-corrected chi connectivity index (χ1v) is 10.8. The van der Waals surface area contributed by atoms with Crippen LogP contribution in [0.2, 0.25) is 0 Å². The first-order valence-electron chi connectivity index (χ1n) is 10.8. The average molecular weight is 403 g/mol. The maximum atomic E-state index is 13.0. The molecule has 0 radical (unpaired) electrons. The Labute approximate surface area is 178 Å². The summed E-state index contributed by atoms with van der Waals surface area (Å²) in [5.74, 6) is 1.21. The standard InChI is InChI=1S/C26H30N2O2/c1-18-7-6-14-28(17-18)23-12-10-20(11-13-23)19(2)27-26(29)24-15-21-8-4-5-9-22(21)16-25(24)30-3/h4-5,8-13,15-16,18-19H,6-7,14,17H2,1-3H3,(H,27,29)/t18-,19+/m0/s1. The van der Waals surface area contributed by atoms with E-state index in [1.807, 2.05) is 43.3 Å². The number of nitrogens with one attached hydrogen (secondary N) is 1. The molecular weight excluding hydrogens is 372 g/mol. The van der Waals surface area contributed by atoms with Gasteiger partial charge < -0.3 is 15.0 Å². The molecule has 1 heterocycles. The van der Waals surface area contributed by atoms with Crippen molar-refractivity contribution in [2.75, 3.05) is 25.1 Å². The van der Waals surface area contributed by atoms with Gasteiger partial charge in [0.2, 0.25) is 0 Å². The molecule has 4 nitrogen and oxygen atoms in total. The smallest absolute Gasteiger partial charge is 0.255 e. The molecule has 0 spiro atoms. The number of benzene rings is 3. The fraction of sp³-hybridized carbons (Fsp3) is 0.346. The van der Waals surface area contributed by atoms with Gasteiger partial charge in [-0.05, 0) is 66.3 Å². The fourth-order valence-corrected chi connectivity index (χ4v) is 4.32. The minimum Gasteiger partial charge on any atom is -0.496 e. The van der Waals surface area contributed by atoms with Crippen LogP contribution in [0.4, 0.5) is 5.69 Å². The van der Waals surface area contributed by atoms with Crippen LogP contribution in [0.3, 0.4) is 0 Å². The minimum absolute atomic E-state index is 0.0944. The second-order valence-electron chi connectivity index (χ2n) is 8.38. The van der Waals surface area contributed by atoms with Crippen molar-refractivity contribution in [3.05, 3.63) is 71.8 Å². The number of fused-ring (bicyclic) bond motifs is 1. The van der Waals surface area contributed by atoms with E-state index < -0.39 is 0 Å². The summed E-state index contributed by atoms with van der Waals surface area (Å²) in [4.78, 5) is 15.5. The third-order valence-electron chi connectivity index (χ3n) is 6.08. The molecule has 1 amide bonds. The van der Waals surface area contributed by atoms with Crippen LogP contribution >= 0.6 is 0 Å². The van der Waals surface area contributed by atoms with Crippen LogP contribution in [0.1, 0.15) is 48.7 Å². The van der Waals surface area contributed by atoms with Crippen molar-refractivity contribution in [3.63, 3.8) is 0 Å². The number of hydrogen-bond donors (Lipinski definition) is 1. The van der Waals surface area contributed by atoms with Gasteiger partial charge in [0.25, 0.3) is 5.91 Å². The molecule has 1 N–H and O–H groups in total. The highest BCUT2D eigenvalue weighted by Gasteiger charge is 2.19. The second kappa shape index (κ2) is 8.78. The average Bonchev–Trinajstić information content (AvgIpc) is 2.78. The van der Waals surface area contributed by atoms with E-state index in [2.05, 4.69) is 41.4 Å². The summed E-state index contributed by atoms with van der Waals surface area (Å²) in [6.07, 6.45) is 2.57. The Morgan fingerprint density at radius 1 is 1.10 bits per heavy atom. The van der Waals surface area contributed by atoms with Gasteiger partial charge in [0.15, 0.2) is 0 Å². The van der Waals surface area contributed by atoms with Gasteiger partial charge >= 0.3 is 0 Å². The molecule has 3 aromatic rings. The predicted octanol–water partition coefficient (Wildman–Crippen LogP) is 5.58. The first-order chi connectivity index (χ1) is 14.5. The van der Waals surface area contributed by atoms with E-state index in [0.717, 1.165) is 35.3 Å². The molecule has 30 heavy (non-hydrogen) atoms. The van der Waals surface area contributed by atoms with Crippen molar-refractivity contribution >= 4 is 22.4 Å². The summed E-state index contributed by atoms with van der Waals surface area (Å²) in [7, 11) is 1.60. The molecule has 0 bridgehead atoms. The number of piperidine rings is 1. The fourth-order valence-electron chi connectivity index (χ4n) is 4.32. The zero-order chi connectivity index (χ0) is 21.1. The minimum atomic E-state index is -0.126. The van der Waals surface area contributed by atoms with Crippen LogP contribution < -0.4 is 15.0 Å². The summed E-state index contributed by atoms with van der Waals surface area (Å²) in [5, 5.41) is 5.21. The van der Waals surface area contributed by atoms with Gasteiger partial charge in [-0.2, -0.15) is 0 Å². The summed E-state index contributed by atoms with van der Waals surface area (Å²) >= 11 is 0. The molecule has 1 aliphatic heterocycles. The summed E-state index contributed by atoms with van der Waals surface area (Å²) in [6, 6.07) is 20.3. The van der Waals surface area contributed by atoms with Crippen LogP contribution in [0.5, 0.6) is 5.75 Å². The van der Waals surface area contributed by atoms with Crippen molar-refractivity contribution in [1.29, 1.82) is 0 Å². The van der Waals surface area contributed by atoms with Crippen molar-refractivity contribution < 1.29 is 9.53 Å². The molecule has 2 atom stereocenters. The summed E-state index contributed by atoms with van der Waals surface area (Å²) < 4.78 is 5.49. The Morgan fingerprint density at radius 2 is 1.80 bits per heavy atom. The molecule has 156 valence electrons. The highest BCUT2D eigenvalue weighted by molar-refractivity contribution is 6.01. The molecule has 0 saturated carbocycles. The molecule has 0 unspecified atom stereocenters. The SMILES string of the molecule is COc1cc2ccccc2cc1C(=O)N[C@H](C)c1ccc(N2CCC[C@H](C)C2)cc1. The lowest BCUT2D eigenvalue weighted by atomic mass is 9.99. The zero-order valence-corrected chi connectivity index (χ0v) is 18.0. The summed E-state index contributed by atoms with van der Waals surface area (Å²) in [6.45, 7) is 6.58. The van der Waals surface area contributed by atoms with E-state index in [4.69, 9.17) is 4.74 Å².